The van der Waals surface area contributed by atoms with Gasteiger partial charge in [-0.1, -0.05) is 89.8 Å². The van der Waals surface area contributed by atoms with E-state index in [1.807, 2.05) is 133 Å². The molecule has 1 aliphatic carbocycles. The lowest BCUT2D eigenvalue weighted by molar-refractivity contribution is -0.538. The molecule has 0 spiro atoms. The summed E-state index contributed by atoms with van der Waals surface area (Å²) in [6.45, 7) is 19.3. The van der Waals surface area contributed by atoms with Crippen molar-refractivity contribution in [3.05, 3.63) is 175 Å². The number of nitrogens with one attached hydrogen (secondary N) is 5. The van der Waals surface area contributed by atoms with Crippen molar-refractivity contribution in [3.8, 4) is 5.69 Å². The van der Waals surface area contributed by atoms with Gasteiger partial charge in [0.25, 0.3) is 0 Å². The van der Waals surface area contributed by atoms with Crippen molar-refractivity contribution in [2.24, 2.45) is 16.1 Å². The van der Waals surface area contributed by atoms with E-state index in [-0.39, 0.29) is 79.9 Å². The maximum atomic E-state index is 14.4. The minimum Gasteiger partial charge on any atom is -0.744 e. The molecule has 5 N–H and O–H groups in total. The number of benzene rings is 6. The van der Waals surface area contributed by atoms with E-state index in [1.165, 1.54) is 24.3 Å². The molecule has 4 heterocycles. The van der Waals surface area contributed by atoms with E-state index in [9.17, 15) is 49.9 Å². The molecule has 0 bridgehead atoms. The van der Waals surface area contributed by atoms with Gasteiger partial charge in [0.05, 0.1) is 39.8 Å². The lowest BCUT2D eigenvalue weighted by Gasteiger charge is -2.31. The van der Waals surface area contributed by atoms with Crippen LogP contribution in [0.1, 0.15) is 150 Å². The summed E-state index contributed by atoms with van der Waals surface area (Å²) in [4.78, 5) is 81.6. The number of carbonyl (C=O) groups excluding carboxylic acids is 5. The monoisotopic (exact) mass is 1610 g/mol. The summed E-state index contributed by atoms with van der Waals surface area (Å²) in [6, 6.07) is 36.7. The standard InChI is InChI=1S/C86H108N14O12S2.CH4/c1-9-96(10-2)65-38-42-71-77(57-65)100(64-27-18-13-19-28-64)76-56-62(35-41-70(76)90-71)94-93-61-33-36-63(37-34-61)95(8)49-24-32-81(102)87-46-45-72(91-83(104)73(55-60-25-16-12-17-26-60)92-84(105)97-51-53-112-54-52-97)82(103)89-48-47-88-80(101)31-22-15-23-50-99-75-44-40-67(114(109,110)111)59-69(75)86(6,7)79(99)30-21-14-20-29-78-85(4,5)68-58-66(113(106,107)108)39-43-74(68)98(78)11-3;/h13-14,18-21,27-30,33-44,56-60,72-73H,9-12,15-17,22-26,31-32,45-55H2,1-8H3,(H5-2,87,88,89,91,92,101,102,103,104,105,106,107,108,109,110,111);1H4/t72-,73-;/m0./s1. The van der Waals surface area contributed by atoms with Gasteiger partial charge in [-0.25, -0.2) is 26.6 Å². The van der Waals surface area contributed by atoms with Gasteiger partial charge in [0.2, 0.25) is 46.0 Å². The highest BCUT2D eigenvalue weighted by molar-refractivity contribution is 7.86. The fourth-order valence-electron chi connectivity index (χ4n) is 15.9. The molecule has 115 heavy (non-hydrogen) atoms. The molecular weight excluding hydrogens is 1500 g/mol. The van der Waals surface area contributed by atoms with Gasteiger partial charge < -0.3 is 60.0 Å². The van der Waals surface area contributed by atoms with Crippen LogP contribution < -0.4 is 45.9 Å². The summed E-state index contributed by atoms with van der Waals surface area (Å²) >= 11 is 0. The number of rotatable bonds is 35. The van der Waals surface area contributed by atoms with E-state index in [0.717, 1.165) is 113 Å². The van der Waals surface area contributed by atoms with Gasteiger partial charge in [0, 0.05) is 155 Å². The van der Waals surface area contributed by atoms with Crippen LogP contribution >= 0.6 is 0 Å². The molecule has 26 nitrogen and oxygen atoms in total. The first-order valence-corrected chi connectivity index (χ1v) is 42.7. The van der Waals surface area contributed by atoms with Gasteiger partial charge in [-0.3, -0.25) is 19.2 Å². The summed E-state index contributed by atoms with van der Waals surface area (Å²) in [5.41, 5.74) is 11.4. The zero-order chi connectivity index (χ0) is 81.3. The Kier molecular flexibility index (Phi) is 29.8. The number of azo groups is 1. The number of allylic oxidation sites excluding steroid dienone is 6. The highest BCUT2D eigenvalue weighted by Crippen LogP contribution is 2.49. The molecule has 2 fully saturated rings. The van der Waals surface area contributed by atoms with Crippen LogP contribution in [0.2, 0.25) is 0 Å². The molecule has 11 rings (SSSR count). The van der Waals surface area contributed by atoms with Crippen molar-refractivity contribution in [2.75, 3.05) is 100 Å². The van der Waals surface area contributed by atoms with E-state index >= 15 is 0 Å². The molecule has 2 atom stereocenters. The Morgan fingerprint density at radius 2 is 1.28 bits per heavy atom. The van der Waals surface area contributed by atoms with Crippen molar-refractivity contribution in [3.63, 3.8) is 0 Å². The van der Waals surface area contributed by atoms with Crippen LogP contribution in [-0.2, 0) is 55.0 Å². The van der Waals surface area contributed by atoms with Crippen molar-refractivity contribution in [1.82, 2.24) is 36.5 Å². The first-order chi connectivity index (χ1) is 54.7. The van der Waals surface area contributed by atoms with Gasteiger partial charge >= 0.3 is 6.03 Å². The summed E-state index contributed by atoms with van der Waals surface area (Å²) in [6.07, 6.45) is 17.7. The van der Waals surface area contributed by atoms with Crippen molar-refractivity contribution >= 4 is 112 Å². The number of likely N-dealkylation sites (N-methyl/N-ethyl adjacent to an activating group) is 1. The topological polar surface area (TPSA) is 327 Å². The molecule has 614 valence electrons. The first-order valence-electron chi connectivity index (χ1n) is 39.9. The molecule has 1 saturated heterocycles. The Morgan fingerprint density at radius 1 is 0.652 bits per heavy atom. The maximum Gasteiger partial charge on any atom is 0.318 e. The van der Waals surface area contributed by atoms with Gasteiger partial charge in [0.1, 0.15) is 49.9 Å². The van der Waals surface area contributed by atoms with Crippen molar-refractivity contribution in [1.29, 1.82) is 0 Å². The second-order valence-electron chi connectivity index (χ2n) is 30.6. The van der Waals surface area contributed by atoms with Crippen LogP contribution in [0.25, 0.3) is 27.8 Å². The normalized spacial score (nSPS) is 16.4. The number of hydrogen-bond donors (Lipinski definition) is 5. The summed E-state index contributed by atoms with van der Waals surface area (Å²) < 4.78 is 82.5. The van der Waals surface area contributed by atoms with Crippen molar-refractivity contribution < 1.29 is 63.8 Å². The molecule has 1 aromatic heterocycles. The quantitative estimate of drug-likeness (QED) is 0.00615. The number of para-hydroxylation sites is 1. The maximum absolute atomic E-state index is 14.4. The average Bonchev–Trinajstić information content (AvgIpc) is 1.63. The Labute approximate surface area is 677 Å². The Balaban J connectivity index is 0.0000140. The number of fused-ring (bicyclic) bond motifs is 4. The predicted molar refractivity (Wildman–Crippen MR) is 448 cm³/mol. The fourth-order valence-corrected chi connectivity index (χ4v) is 16.9. The number of hydrogen-bond acceptors (Lipinski definition) is 18. The summed E-state index contributed by atoms with van der Waals surface area (Å²) in [7, 11) is -7.47. The first kappa shape index (κ1) is 87.1. The van der Waals surface area contributed by atoms with Crippen LogP contribution in [0.4, 0.5) is 38.9 Å². The Bertz CT molecular complexity index is 5030. The molecule has 7 aromatic rings. The van der Waals surface area contributed by atoms with E-state index in [4.69, 9.17) is 9.72 Å². The van der Waals surface area contributed by atoms with Gasteiger partial charge in [0.15, 0.2) is 5.71 Å². The second kappa shape index (κ2) is 39.4. The summed E-state index contributed by atoms with van der Waals surface area (Å²) in [5.74, 6) is -1.27. The molecule has 0 radical (unpaired) electrons. The SMILES string of the molecule is C.CCN(CC)c1ccc2nc3ccc(N=Nc4ccc(N(C)CCCC(=O)NCC[C@H](NC(=O)[C@H](CC5CCCCC5)NC(=O)N5CCOCC5)C(=O)NCCNC(=O)CCCCC[N+]5=C(C=CC=CC=C6N(CC)c7ccc(S(=O)(=O)[O-])cc7C6(C)C)C(C)(C)c6cc(S(=O)(=O)[O-])ccc65)cc4)cc3[n+](-c3ccccc3)c2c1. The van der Waals surface area contributed by atoms with Crippen molar-refractivity contribution in [2.45, 2.75) is 172 Å². The van der Waals surface area contributed by atoms with E-state index in [2.05, 4.69) is 105 Å². The lowest BCUT2D eigenvalue weighted by atomic mass is 9.81. The van der Waals surface area contributed by atoms with E-state index < -0.39 is 55.0 Å². The number of anilines is 3. The molecule has 28 heteroatoms. The zero-order valence-electron chi connectivity index (χ0n) is 66.7. The van der Waals surface area contributed by atoms with Crippen LogP contribution in [0, 0.1) is 5.92 Å². The fraction of sp³-hybridized carbons (Fsp3) is 0.448. The zero-order valence-corrected chi connectivity index (χ0v) is 68.3. The molecule has 3 aliphatic heterocycles. The molecule has 0 unspecified atom stereocenters. The minimum atomic E-state index is -4.76. The number of morpholine rings is 1. The van der Waals surface area contributed by atoms with Gasteiger partial charge in [-0.2, -0.15) is 14.8 Å². The smallest absolute Gasteiger partial charge is 0.318 e. The van der Waals surface area contributed by atoms with Crippen LogP contribution in [-0.4, -0.2) is 174 Å². The Hall–Kier alpha value is -10.3. The molecule has 6 aromatic carbocycles. The molecule has 4 aliphatic rings. The third-order valence-electron chi connectivity index (χ3n) is 22.2. The number of ether oxygens (including phenoxy) is 1. The predicted octanol–water partition coefficient (Wildman–Crippen LogP) is 12.6. The largest absolute Gasteiger partial charge is 0.744 e. The van der Waals surface area contributed by atoms with E-state index in [1.54, 1.807) is 17.0 Å². The average molecular weight is 1610 g/mol. The second-order valence-corrected chi connectivity index (χ2v) is 33.4. The number of carbonyl (C=O) groups is 5. The van der Waals surface area contributed by atoms with Crippen LogP contribution in [0.3, 0.4) is 0 Å². The number of nitrogens with zero attached hydrogens (tertiary/aromatic N) is 9. The van der Waals surface area contributed by atoms with Gasteiger partial charge in [-0.15, -0.1) is 4.57 Å². The highest BCUT2D eigenvalue weighted by atomic mass is 32.2. The van der Waals surface area contributed by atoms with Crippen LogP contribution in [0.15, 0.2) is 183 Å². The number of aromatic nitrogens is 2. The van der Waals surface area contributed by atoms with Gasteiger partial charge in [-0.05, 0) is 163 Å². The number of unbranched alkanes of at least 4 members (excludes halogenated alkanes) is 2. The molecule has 6 amide bonds. The Morgan fingerprint density at radius 3 is 1.97 bits per heavy atom. The highest BCUT2D eigenvalue weighted by Gasteiger charge is 2.45. The number of amides is 6. The molecule has 1 saturated carbocycles. The third-order valence-corrected chi connectivity index (χ3v) is 23.9. The van der Waals surface area contributed by atoms with E-state index in [0.29, 0.717) is 95.0 Å². The lowest BCUT2D eigenvalue weighted by Crippen LogP contribution is -2.57. The molecular formula is C87H112N14O12S2. The number of urea groups is 1. The summed E-state index contributed by atoms with van der Waals surface area (Å²) in [5, 5.41) is 23.9. The van der Waals surface area contributed by atoms with Crippen LogP contribution in [0.5, 0.6) is 0 Å². The minimum absolute atomic E-state index is 0. The third kappa shape index (κ3) is 21.8.